The lowest BCUT2D eigenvalue weighted by Crippen LogP contribution is -2.35. The van der Waals surface area contributed by atoms with Crippen molar-refractivity contribution in [2.75, 3.05) is 6.54 Å². The molecular formula is C21H21N5OS. The van der Waals surface area contributed by atoms with Crippen LogP contribution in [0.25, 0.3) is 16.3 Å². The number of aryl methyl sites for hydroxylation is 2. The average Bonchev–Trinajstić information content (AvgIpc) is 3.31. The number of nitrogens with one attached hydrogen (secondary N) is 1. The van der Waals surface area contributed by atoms with Crippen molar-refractivity contribution >= 4 is 17.0 Å². The van der Waals surface area contributed by atoms with Gasteiger partial charge in [-0.15, -0.1) is 11.3 Å². The van der Waals surface area contributed by atoms with Crippen molar-refractivity contribution < 1.29 is 0 Å². The van der Waals surface area contributed by atoms with Crippen LogP contribution in [0.1, 0.15) is 28.2 Å². The Morgan fingerprint density at radius 1 is 1.21 bits per heavy atom. The summed E-state index contributed by atoms with van der Waals surface area (Å²) in [5.74, 6) is 0.681. The molecule has 0 bridgehead atoms. The SMILES string of the molecule is Cc1ccc2nc(C)c(CN3CCc4nc(-c5cccs5)[nH]c(=O)c4C3)n2c1. The Morgan fingerprint density at radius 3 is 2.93 bits per heavy atom. The monoisotopic (exact) mass is 391 g/mol. The first kappa shape index (κ1) is 17.3. The Bertz CT molecular complexity index is 1220. The minimum absolute atomic E-state index is 0.0243. The molecule has 5 rings (SSSR count). The molecule has 0 saturated heterocycles. The highest BCUT2D eigenvalue weighted by molar-refractivity contribution is 7.13. The van der Waals surface area contributed by atoms with Gasteiger partial charge in [0.1, 0.15) is 5.65 Å². The van der Waals surface area contributed by atoms with Gasteiger partial charge in [-0.3, -0.25) is 9.69 Å². The molecule has 0 unspecified atom stereocenters. The Morgan fingerprint density at radius 2 is 2.11 bits per heavy atom. The van der Waals surface area contributed by atoms with Gasteiger partial charge in [0.2, 0.25) is 0 Å². The summed E-state index contributed by atoms with van der Waals surface area (Å²) in [7, 11) is 0. The van der Waals surface area contributed by atoms with Gasteiger partial charge in [0.05, 0.1) is 27.5 Å². The van der Waals surface area contributed by atoms with Crippen LogP contribution in [0.2, 0.25) is 0 Å². The Labute approximate surface area is 166 Å². The first-order valence-corrected chi connectivity index (χ1v) is 10.3. The molecule has 142 valence electrons. The first-order valence-electron chi connectivity index (χ1n) is 9.41. The molecule has 0 amide bonds. The summed E-state index contributed by atoms with van der Waals surface area (Å²) in [4.78, 5) is 28.4. The van der Waals surface area contributed by atoms with Gasteiger partial charge in [0.25, 0.3) is 5.56 Å². The number of imidazole rings is 1. The predicted molar refractivity (Wildman–Crippen MR) is 111 cm³/mol. The summed E-state index contributed by atoms with van der Waals surface area (Å²) >= 11 is 1.59. The van der Waals surface area contributed by atoms with Gasteiger partial charge in [-0.2, -0.15) is 0 Å². The Balaban J connectivity index is 1.45. The molecule has 0 aromatic carbocycles. The largest absolute Gasteiger partial charge is 0.306 e. The molecule has 0 saturated carbocycles. The summed E-state index contributed by atoms with van der Waals surface area (Å²) in [5.41, 5.74) is 6.08. The van der Waals surface area contributed by atoms with Gasteiger partial charge in [0.15, 0.2) is 5.82 Å². The molecule has 1 N–H and O–H groups in total. The third kappa shape index (κ3) is 2.96. The van der Waals surface area contributed by atoms with E-state index in [1.807, 2.05) is 17.5 Å². The van der Waals surface area contributed by atoms with Crippen molar-refractivity contribution in [3.8, 4) is 10.7 Å². The topological polar surface area (TPSA) is 66.3 Å². The van der Waals surface area contributed by atoms with Crippen molar-refractivity contribution in [2.45, 2.75) is 33.4 Å². The van der Waals surface area contributed by atoms with Gasteiger partial charge in [-0.25, -0.2) is 9.97 Å². The fraction of sp³-hybridized carbons (Fsp3) is 0.286. The fourth-order valence-corrected chi connectivity index (χ4v) is 4.53. The summed E-state index contributed by atoms with van der Waals surface area (Å²) < 4.78 is 2.17. The van der Waals surface area contributed by atoms with E-state index in [4.69, 9.17) is 4.98 Å². The lowest BCUT2D eigenvalue weighted by molar-refractivity contribution is 0.238. The molecular weight excluding hydrogens is 370 g/mol. The average molecular weight is 392 g/mol. The highest BCUT2D eigenvalue weighted by Gasteiger charge is 2.23. The number of rotatable bonds is 3. The minimum atomic E-state index is -0.0243. The van der Waals surface area contributed by atoms with Gasteiger partial charge < -0.3 is 9.38 Å². The summed E-state index contributed by atoms with van der Waals surface area (Å²) in [6.45, 7) is 6.40. The fourth-order valence-electron chi connectivity index (χ4n) is 3.87. The number of H-pyrrole nitrogens is 1. The molecule has 0 fully saturated rings. The van der Waals surface area contributed by atoms with Crippen LogP contribution in [0.5, 0.6) is 0 Å². The molecule has 28 heavy (non-hydrogen) atoms. The summed E-state index contributed by atoms with van der Waals surface area (Å²) in [6, 6.07) is 8.10. The standard InChI is InChI=1S/C21H21N5OS/c1-13-5-6-19-22-14(2)17(26(19)10-13)12-25-8-7-16-15(11-25)21(27)24-20(23-16)18-4-3-9-28-18/h3-6,9-10H,7-8,11-12H2,1-2H3,(H,23,24,27). The zero-order valence-electron chi connectivity index (χ0n) is 15.9. The second-order valence-corrected chi connectivity index (χ2v) is 8.30. The number of pyridine rings is 1. The maximum Gasteiger partial charge on any atom is 0.255 e. The van der Waals surface area contributed by atoms with Crippen LogP contribution < -0.4 is 5.56 Å². The van der Waals surface area contributed by atoms with Crippen LogP contribution in [0, 0.1) is 13.8 Å². The molecule has 0 spiro atoms. The molecule has 7 heteroatoms. The molecule has 0 atom stereocenters. The van der Waals surface area contributed by atoms with Crippen molar-refractivity contribution in [3.05, 3.63) is 74.4 Å². The summed E-state index contributed by atoms with van der Waals surface area (Å²) in [6.07, 6.45) is 2.91. The van der Waals surface area contributed by atoms with E-state index in [1.165, 1.54) is 11.3 Å². The van der Waals surface area contributed by atoms with Crippen LogP contribution >= 0.6 is 11.3 Å². The Kier molecular flexibility index (Phi) is 4.14. The number of aromatic amines is 1. The van der Waals surface area contributed by atoms with Crippen LogP contribution in [-0.4, -0.2) is 30.8 Å². The van der Waals surface area contributed by atoms with Gasteiger partial charge >= 0.3 is 0 Å². The third-order valence-corrected chi connectivity index (χ3v) is 6.22. The molecule has 4 aromatic heterocycles. The van der Waals surface area contributed by atoms with E-state index in [2.05, 4.69) is 51.4 Å². The van der Waals surface area contributed by atoms with E-state index in [1.54, 1.807) is 11.3 Å². The first-order chi connectivity index (χ1) is 13.6. The number of hydrogen-bond acceptors (Lipinski definition) is 5. The zero-order chi connectivity index (χ0) is 19.3. The van der Waals surface area contributed by atoms with Crippen molar-refractivity contribution in [1.29, 1.82) is 0 Å². The summed E-state index contributed by atoms with van der Waals surface area (Å²) in [5, 5.41) is 2.00. The number of hydrogen-bond donors (Lipinski definition) is 1. The van der Waals surface area contributed by atoms with Gasteiger partial charge in [-0.05, 0) is 36.9 Å². The Hall–Kier alpha value is -2.77. The molecule has 5 heterocycles. The molecule has 0 aliphatic carbocycles. The van der Waals surface area contributed by atoms with E-state index in [9.17, 15) is 4.79 Å². The van der Waals surface area contributed by atoms with Crippen LogP contribution in [0.3, 0.4) is 0 Å². The highest BCUT2D eigenvalue weighted by atomic mass is 32.1. The molecule has 1 aliphatic rings. The van der Waals surface area contributed by atoms with Crippen LogP contribution in [0.4, 0.5) is 0 Å². The highest BCUT2D eigenvalue weighted by Crippen LogP contribution is 2.24. The molecule has 0 radical (unpaired) electrons. The number of aromatic nitrogens is 4. The lowest BCUT2D eigenvalue weighted by atomic mass is 10.1. The van der Waals surface area contributed by atoms with E-state index in [0.29, 0.717) is 12.4 Å². The number of nitrogens with zero attached hydrogens (tertiary/aromatic N) is 4. The van der Waals surface area contributed by atoms with Crippen LogP contribution in [0.15, 0.2) is 40.6 Å². The predicted octanol–water partition coefficient (Wildman–Crippen LogP) is 3.32. The van der Waals surface area contributed by atoms with Gasteiger partial charge in [-0.1, -0.05) is 12.1 Å². The number of fused-ring (bicyclic) bond motifs is 2. The smallest absolute Gasteiger partial charge is 0.255 e. The number of thiophene rings is 1. The van der Waals surface area contributed by atoms with Crippen molar-refractivity contribution in [2.24, 2.45) is 0 Å². The van der Waals surface area contributed by atoms with E-state index >= 15 is 0 Å². The quantitative estimate of drug-likeness (QED) is 0.582. The zero-order valence-corrected chi connectivity index (χ0v) is 16.7. The van der Waals surface area contributed by atoms with Crippen LogP contribution in [-0.2, 0) is 19.5 Å². The third-order valence-electron chi connectivity index (χ3n) is 5.34. The minimum Gasteiger partial charge on any atom is -0.306 e. The van der Waals surface area contributed by atoms with Crippen molar-refractivity contribution in [1.82, 2.24) is 24.3 Å². The molecule has 6 nitrogen and oxygen atoms in total. The van der Waals surface area contributed by atoms with E-state index in [-0.39, 0.29) is 5.56 Å². The molecule has 4 aromatic rings. The van der Waals surface area contributed by atoms with Crippen molar-refractivity contribution in [3.63, 3.8) is 0 Å². The maximum absolute atomic E-state index is 12.7. The second-order valence-electron chi connectivity index (χ2n) is 7.36. The normalized spacial score (nSPS) is 14.5. The van der Waals surface area contributed by atoms with E-state index in [0.717, 1.165) is 47.0 Å². The lowest BCUT2D eigenvalue weighted by Gasteiger charge is -2.27. The van der Waals surface area contributed by atoms with Gasteiger partial charge in [0, 0.05) is 32.3 Å². The second kappa shape index (κ2) is 6.68. The molecule has 1 aliphatic heterocycles. The maximum atomic E-state index is 12.7. The van der Waals surface area contributed by atoms with E-state index < -0.39 is 0 Å².